The molecule has 0 aliphatic rings. The molecule has 8 heteroatoms. The molecule has 0 unspecified atom stereocenters. The molecule has 142 valence electrons. The minimum atomic E-state index is -1.33. The van der Waals surface area contributed by atoms with Gasteiger partial charge in [0.25, 0.3) is 5.91 Å². The Balaban J connectivity index is 3.16. The van der Waals surface area contributed by atoms with Gasteiger partial charge in [-0.3, -0.25) is 19.4 Å². The van der Waals surface area contributed by atoms with Gasteiger partial charge in [0.15, 0.2) is 5.92 Å². The van der Waals surface area contributed by atoms with E-state index in [-0.39, 0.29) is 22.2 Å². The summed E-state index contributed by atoms with van der Waals surface area (Å²) in [5.41, 5.74) is 0.474. The summed E-state index contributed by atoms with van der Waals surface area (Å²) in [6, 6.07) is 4.69. The summed E-state index contributed by atoms with van der Waals surface area (Å²) in [6.45, 7) is 6.68. The van der Waals surface area contributed by atoms with Crippen LogP contribution in [0.4, 0.5) is 5.69 Å². The molecule has 1 aromatic rings. The number of ether oxygens (including phenoxy) is 2. The Morgan fingerprint density at radius 2 is 1.62 bits per heavy atom. The zero-order valence-electron chi connectivity index (χ0n) is 15.4. The smallest absolute Gasteiger partial charge is 0.326 e. The Kier molecular flexibility index (Phi) is 8.25. The molecule has 0 saturated heterocycles. The fraction of sp³-hybridized carbons (Fsp3) is 0.444. The lowest BCUT2D eigenvalue weighted by molar-refractivity contribution is -0.162. The third-order valence-corrected chi connectivity index (χ3v) is 3.42. The number of hydrogen-bond acceptors (Lipinski definition) is 6. The lowest BCUT2D eigenvalue weighted by Crippen LogP contribution is -2.32. The molecule has 0 aromatic heterocycles. The summed E-state index contributed by atoms with van der Waals surface area (Å²) in [7, 11) is 1.48. The second-order valence-corrected chi connectivity index (χ2v) is 6.32. The van der Waals surface area contributed by atoms with E-state index in [1.807, 2.05) is 0 Å². The maximum absolute atomic E-state index is 12.2. The molecule has 0 radical (unpaired) electrons. The second-order valence-electron chi connectivity index (χ2n) is 5.94. The SMILES string of the molecule is CNC(=O)c1cccc(N=CC(C(=O)OC(C)C)C(=O)OC(C)C)c1Cl. The van der Waals surface area contributed by atoms with Gasteiger partial charge in [0, 0.05) is 13.3 Å². The van der Waals surface area contributed by atoms with Crippen LogP contribution in [-0.2, 0) is 19.1 Å². The Morgan fingerprint density at radius 1 is 1.08 bits per heavy atom. The van der Waals surface area contributed by atoms with Gasteiger partial charge in [-0.2, -0.15) is 0 Å². The van der Waals surface area contributed by atoms with Crippen molar-refractivity contribution >= 4 is 41.3 Å². The van der Waals surface area contributed by atoms with Crippen LogP contribution in [-0.4, -0.2) is 43.3 Å². The standard InChI is InChI=1S/C18H23ClN2O5/c1-10(2)25-17(23)13(18(24)26-11(3)4)9-21-14-8-6-7-12(15(14)19)16(22)20-5/h6-11,13H,1-5H3,(H,20,22). The first-order chi connectivity index (χ1) is 12.2. The van der Waals surface area contributed by atoms with E-state index < -0.39 is 30.1 Å². The predicted octanol–water partition coefficient (Wildman–Crippen LogP) is 2.92. The molecule has 0 saturated carbocycles. The van der Waals surface area contributed by atoms with Crippen molar-refractivity contribution in [2.24, 2.45) is 10.9 Å². The van der Waals surface area contributed by atoms with E-state index in [2.05, 4.69) is 10.3 Å². The molecule has 1 rings (SSSR count). The molecule has 7 nitrogen and oxygen atoms in total. The van der Waals surface area contributed by atoms with Crippen molar-refractivity contribution in [3.63, 3.8) is 0 Å². The fourth-order valence-corrected chi connectivity index (χ4v) is 2.17. The molecule has 0 heterocycles. The van der Waals surface area contributed by atoms with Gasteiger partial charge in [0.2, 0.25) is 0 Å². The van der Waals surface area contributed by atoms with E-state index in [4.69, 9.17) is 21.1 Å². The van der Waals surface area contributed by atoms with Gasteiger partial charge in [-0.15, -0.1) is 0 Å². The summed E-state index contributed by atoms with van der Waals surface area (Å²) in [6.07, 6.45) is 0.320. The third-order valence-electron chi connectivity index (χ3n) is 3.02. The largest absolute Gasteiger partial charge is 0.462 e. The monoisotopic (exact) mass is 382 g/mol. The minimum absolute atomic E-state index is 0.108. The molecule has 0 fully saturated rings. The summed E-state index contributed by atoms with van der Waals surface area (Å²) in [5, 5.41) is 2.58. The third kappa shape index (κ3) is 6.15. The van der Waals surface area contributed by atoms with Gasteiger partial charge < -0.3 is 14.8 Å². The number of hydrogen-bond donors (Lipinski definition) is 1. The molecule has 1 aromatic carbocycles. The van der Waals surface area contributed by atoms with Gasteiger partial charge >= 0.3 is 11.9 Å². The Bertz CT molecular complexity index is 679. The number of aliphatic imine (C=N–C) groups is 1. The van der Waals surface area contributed by atoms with Crippen molar-refractivity contribution in [1.29, 1.82) is 0 Å². The zero-order valence-corrected chi connectivity index (χ0v) is 16.2. The number of carbonyl (C=O) groups excluding carboxylic acids is 3. The molecule has 0 bridgehead atoms. The van der Waals surface area contributed by atoms with Gasteiger partial charge in [0.05, 0.1) is 28.5 Å². The Labute approximate surface area is 157 Å². The number of halogens is 1. The van der Waals surface area contributed by atoms with Crippen molar-refractivity contribution in [2.45, 2.75) is 39.9 Å². The first-order valence-corrected chi connectivity index (χ1v) is 8.50. The van der Waals surface area contributed by atoms with Crippen LogP contribution in [0.5, 0.6) is 0 Å². The molecule has 1 amide bonds. The molecule has 0 aliphatic carbocycles. The highest BCUT2D eigenvalue weighted by Gasteiger charge is 2.29. The van der Waals surface area contributed by atoms with Crippen LogP contribution in [0.1, 0.15) is 38.1 Å². The van der Waals surface area contributed by atoms with Gasteiger partial charge in [0.1, 0.15) is 0 Å². The maximum Gasteiger partial charge on any atom is 0.326 e. The molecule has 26 heavy (non-hydrogen) atoms. The van der Waals surface area contributed by atoms with Crippen LogP contribution < -0.4 is 5.32 Å². The van der Waals surface area contributed by atoms with E-state index in [0.29, 0.717) is 0 Å². The van der Waals surface area contributed by atoms with Crippen LogP contribution in [0.15, 0.2) is 23.2 Å². The highest BCUT2D eigenvalue weighted by Crippen LogP contribution is 2.28. The first-order valence-electron chi connectivity index (χ1n) is 8.13. The maximum atomic E-state index is 12.2. The van der Waals surface area contributed by atoms with Gasteiger partial charge in [-0.05, 0) is 39.8 Å². The quantitative estimate of drug-likeness (QED) is 0.444. The lowest BCUT2D eigenvalue weighted by atomic mass is 10.1. The van der Waals surface area contributed by atoms with Crippen LogP contribution in [0, 0.1) is 5.92 Å². The average Bonchev–Trinajstić information content (AvgIpc) is 2.54. The molecular weight excluding hydrogens is 360 g/mol. The van der Waals surface area contributed by atoms with Gasteiger partial charge in [-0.1, -0.05) is 17.7 Å². The van der Waals surface area contributed by atoms with Crippen molar-refractivity contribution in [2.75, 3.05) is 7.05 Å². The Morgan fingerprint density at radius 3 is 2.08 bits per heavy atom. The van der Waals surface area contributed by atoms with Crippen molar-refractivity contribution < 1.29 is 23.9 Å². The molecular formula is C18H23ClN2O5. The van der Waals surface area contributed by atoms with Crippen molar-refractivity contribution in [3.8, 4) is 0 Å². The highest BCUT2D eigenvalue weighted by molar-refractivity contribution is 6.36. The van der Waals surface area contributed by atoms with Crippen LogP contribution in [0.2, 0.25) is 5.02 Å². The number of nitrogens with zero attached hydrogens (tertiary/aromatic N) is 1. The number of nitrogens with one attached hydrogen (secondary N) is 1. The van der Waals surface area contributed by atoms with E-state index in [9.17, 15) is 14.4 Å². The van der Waals surface area contributed by atoms with Crippen molar-refractivity contribution in [3.05, 3.63) is 28.8 Å². The summed E-state index contributed by atoms with van der Waals surface area (Å²) < 4.78 is 10.2. The van der Waals surface area contributed by atoms with E-state index in [1.165, 1.54) is 13.1 Å². The number of esters is 2. The zero-order chi connectivity index (χ0) is 19.9. The number of benzene rings is 1. The van der Waals surface area contributed by atoms with Crippen LogP contribution >= 0.6 is 11.6 Å². The Hall–Kier alpha value is -2.41. The molecule has 0 spiro atoms. The second kappa shape index (κ2) is 9.91. The van der Waals surface area contributed by atoms with E-state index >= 15 is 0 Å². The predicted molar refractivity (Wildman–Crippen MR) is 98.9 cm³/mol. The molecule has 1 N–H and O–H groups in total. The lowest BCUT2D eigenvalue weighted by Gasteiger charge is -2.15. The number of carbonyl (C=O) groups is 3. The number of amides is 1. The minimum Gasteiger partial charge on any atom is -0.462 e. The van der Waals surface area contributed by atoms with Crippen molar-refractivity contribution in [1.82, 2.24) is 5.32 Å². The fourth-order valence-electron chi connectivity index (χ4n) is 1.91. The molecule has 0 atom stereocenters. The van der Waals surface area contributed by atoms with Gasteiger partial charge in [-0.25, -0.2) is 0 Å². The summed E-state index contributed by atoms with van der Waals surface area (Å²) in [5.74, 6) is -3.25. The van der Waals surface area contributed by atoms with E-state index in [1.54, 1.807) is 39.8 Å². The first kappa shape index (κ1) is 21.6. The van der Waals surface area contributed by atoms with Crippen LogP contribution in [0.3, 0.4) is 0 Å². The number of rotatable bonds is 7. The topological polar surface area (TPSA) is 94.1 Å². The van der Waals surface area contributed by atoms with E-state index in [0.717, 1.165) is 6.21 Å². The normalized spacial score (nSPS) is 11.3. The highest BCUT2D eigenvalue weighted by atomic mass is 35.5. The summed E-state index contributed by atoms with van der Waals surface area (Å²) in [4.78, 5) is 40.3. The molecule has 0 aliphatic heterocycles. The average molecular weight is 383 g/mol. The summed E-state index contributed by atoms with van der Waals surface area (Å²) >= 11 is 6.19. The van der Waals surface area contributed by atoms with Crippen LogP contribution in [0.25, 0.3) is 0 Å².